The van der Waals surface area contributed by atoms with Crippen molar-refractivity contribution in [1.82, 2.24) is 9.78 Å². The van der Waals surface area contributed by atoms with Crippen LogP contribution in [0, 0.1) is 0 Å². The van der Waals surface area contributed by atoms with Gasteiger partial charge in [0.1, 0.15) is 5.69 Å². The molecule has 1 aromatic heterocycles. The van der Waals surface area contributed by atoms with E-state index in [1.54, 1.807) is 10.9 Å². The summed E-state index contributed by atoms with van der Waals surface area (Å²) in [5.41, 5.74) is 0.720. The third-order valence-corrected chi connectivity index (χ3v) is 4.04. The van der Waals surface area contributed by atoms with E-state index in [-0.39, 0.29) is 11.7 Å². The standard InChI is InChI=1S/C12H17BrF2N2/c13-7-9-8-16-17(11(9)12(14)15)10-5-3-1-2-4-6-10/h8,10,12H,1-7H2. The monoisotopic (exact) mass is 306 g/mol. The van der Waals surface area contributed by atoms with Gasteiger partial charge in [-0.15, -0.1) is 0 Å². The highest BCUT2D eigenvalue weighted by atomic mass is 79.9. The van der Waals surface area contributed by atoms with E-state index in [4.69, 9.17) is 0 Å². The second kappa shape index (κ2) is 5.94. The topological polar surface area (TPSA) is 17.8 Å². The van der Waals surface area contributed by atoms with Gasteiger partial charge < -0.3 is 0 Å². The van der Waals surface area contributed by atoms with Gasteiger partial charge in [-0.1, -0.05) is 41.6 Å². The Morgan fingerprint density at radius 1 is 1.29 bits per heavy atom. The molecule has 1 aliphatic carbocycles. The zero-order valence-electron chi connectivity index (χ0n) is 9.71. The van der Waals surface area contributed by atoms with Crippen molar-refractivity contribution in [1.29, 1.82) is 0 Å². The summed E-state index contributed by atoms with van der Waals surface area (Å²) in [5, 5.41) is 4.62. The van der Waals surface area contributed by atoms with Gasteiger partial charge in [0, 0.05) is 10.9 Å². The number of aromatic nitrogens is 2. The predicted molar refractivity (Wildman–Crippen MR) is 66.6 cm³/mol. The van der Waals surface area contributed by atoms with Gasteiger partial charge in [0.05, 0.1) is 12.2 Å². The van der Waals surface area contributed by atoms with Crippen LogP contribution in [0.15, 0.2) is 6.20 Å². The first-order chi connectivity index (χ1) is 8.24. The van der Waals surface area contributed by atoms with Crippen molar-refractivity contribution in [3.63, 3.8) is 0 Å². The first kappa shape index (κ1) is 13.0. The zero-order chi connectivity index (χ0) is 12.3. The highest BCUT2D eigenvalue weighted by Gasteiger charge is 2.24. The molecular weight excluding hydrogens is 290 g/mol. The highest BCUT2D eigenvalue weighted by molar-refractivity contribution is 9.08. The molecule has 0 N–H and O–H groups in total. The van der Waals surface area contributed by atoms with Crippen LogP contribution in [0.4, 0.5) is 8.78 Å². The SMILES string of the molecule is FC(F)c1c(CBr)cnn1C1CCCCCC1. The quantitative estimate of drug-likeness (QED) is 0.589. The third-order valence-electron chi connectivity index (χ3n) is 3.44. The molecule has 5 heteroatoms. The van der Waals surface area contributed by atoms with E-state index in [0.29, 0.717) is 10.9 Å². The molecule has 1 aliphatic rings. The smallest absolute Gasteiger partial charge is 0.260 e. The van der Waals surface area contributed by atoms with Crippen molar-refractivity contribution >= 4 is 15.9 Å². The van der Waals surface area contributed by atoms with Crippen LogP contribution in [0.25, 0.3) is 0 Å². The van der Waals surface area contributed by atoms with Crippen molar-refractivity contribution in [2.45, 2.75) is 56.3 Å². The Kier molecular flexibility index (Phi) is 4.54. The minimum Gasteiger partial charge on any atom is -0.260 e. The van der Waals surface area contributed by atoms with E-state index in [9.17, 15) is 8.78 Å². The minimum absolute atomic E-state index is 0.105. The van der Waals surface area contributed by atoms with Gasteiger partial charge in [0.2, 0.25) is 0 Å². The van der Waals surface area contributed by atoms with E-state index in [0.717, 1.165) is 25.7 Å². The average molecular weight is 307 g/mol. The van der Waals surface area contributed by atoms with Gasteiger partial charge in [-0.25, -0.2) is 8.78 Å². The number of rotatable bonds is 3. The lowest BCUT2D eigenvalue weighted by Gasteiger charge is -2.18. The van der Waals surface area contributed by atoms with Crippen LogP contribution in [-0.4, -0.2) is 9.78 Å². The summed E-state index contributed by atoms with van der Waals surface area (Å²) < 4.78 is 27.7. The van der Waals surface area contributed by atoms with Crippen molar-refractivity contribution in [2.24, 2.45) is 0 Å². The molecule has 1 fully saturated rings. The fourth-order valence-corrected chi connectivity index (χ4v) is 2.98. The molecule has 0 radical (unpaired) electrons. The lowest BCUT2D eigenvalue weighted by atomic mass is 10.1. The van der Waals surface area contributed by atoms with Gasteiger partial charge in [0.15, 0.2) is 0 Å². The molecule has 0 spiro atoms. The van der Waals surface area contributed by atoms with Crippen LogP contribution in [0.5, 0.6) is 0 Å². The number of halogens is 3. The van der Waals surface area contributed by atoms with Crippen molar-refractivity contribution in [3.8, 4) is 0 Å². The number of alkyl halides is 3. The first-order valence-corrected chi connectivity index (χ1v) is 7.26. The molecule has 1 saturated carbocycles. The van der Waals surface area contributed by atoms with Crippen molar-refractivity contribution in [3.05, 3.63) is 17.5 Å². The summed E-state index contributed by atoms with van der Waals surface area (Å²) in [6.07, 6.45) is 5.76. The highest BCUT2D eigenvalue weighted by Crippen LogP contribution is 2.32. The third kappa shape index (κ3) is 2.87. The van der Waals surface area contributed by atoms with Gasteiger partial charge in [-0.05, 0) is 12.8 Å². The molecular formula is C12H17BrF2N2. The lowest BCUT2D eigenvalue weighted by Crippen LogP contribution is -2.14. The average Bonchev–Trinajstić information content (AvgIpc) is 2.56. The molecule has 96 valence electrons. The van der Waals surface area contributed by atoms with Crippen LogP contribution < -0.4 is 0 Å². The molecule has 0 aromatic carbocycles. The Morgan fingerprint density at radius 3 is 2.47 bits per heavy atom. The van der Waals surface area contributed by atoms with Crippen molar-refractivity contribution < 1.29 is 8.78 Å². The second-order valence-corrected chi connectivity index (χ2v) is 5.14. The molecule has 1 aromatic rings. The molecule has 0 aliphatic heterocycles. The van der Waals surface area contributed by atoms with E-state index < -0.39 is 6.43 Å². The van der Waals surface area contributed by atoms with Gasteiger partial charge in [-0.3, -0.25) is 4.68 Å². The molecule has 0 saturated heterocycles. The Bertz CT molecular complexity index is 357. The molecule has 0 bridgehead atoms. The summed E-state index contributed by atoms with van der Waals surface area (Å²) in [5.74, 6) is 0. The number of nitrogens with zero attached hydrogens (tertiary/aromatic N) is 2. The Morgan fingerprint density at radius 2 is 1.94 bits per heavy atom. The molecule has 0 atom stereocenters. The van der Waals surface area contributed by atoms with E-state index >= 15 is 0 Å². The van der Waals surface area contributed by atoms with Gasteiger partial charge >= 0.3 is 0 Å². The summed E-state index contributed by atoms with van der Waals surface area (Å²) >= 11 is 3.24. The minimum atomic E-state index is -2.44. The number of hydrogen-bond acceptors (Lipinski definition) is 1. The maximum Gasteiger partial charge on any atom is 0.280 e. The second-order valence-electron chi connectivity index (χ2n) is 4.58. The normalized spacial score (nSPS) is 18.6. The van der Waals surface area contributed by atoms with Gasteiger partial charge in [0.25, 0.3) is 6.43 Å². The van der Waals surface area contributed by atoms with Crippen LogP contribution in [0.2, 0.25) is 0 Å². The molecule has 0 amide bonds. The van der Waals surface area contributed by atoms with E-state index in [2.05, 4.69) is 21.0 Å². The Balaban J connectivity index is 2.26. The summed E-state index contributed by atoms with van der Waals surface area (Å²) in [6, 6.07) is 0.161. The van der Waals surface area contributed by atoms with Crippen LogP contribution in [0.3, 0.4) is 0 Å². The molecule has 17 heavy (non-hydrogen) atoms. The zero-order valence-corrected chi connectivity index (χ0v) is 11.3. The summed E-state index contributed by atoms with van der Waals surface area (Å²) in [7, 11) is 0. The van der Waals surface area contributed by atoms with Crippen LogP contribution >= 0.6 is 15.9 Å². The Labute approximate surface area is 109 Å². The molecule has 2 rings (SSSR count). The summed E-state index contributed by atoms with van der Waals surface area (Å²) in [4.78, 5) is 0. The van der Waals surface area contributed by atoms with Crippen LogP contribution in [-0.2, 0) is 5.33 Å². The molecule has 0 unspecified atom stereocenters. The largest absolute Gasteiger partial charge is 0.280 e. The first-order valence-electron chi connectivity index (χ1n) is 6.14. The van der Waals surface area contributed by atoms with Crippen molar-refractivity contribution in [2.75, 3.05) is 0 Å². The lowest BCUT2D eigenvalue weighted by molar-refractivity contribution is 0.133. The molecule has 1 heterocycles. The predicted octanol–water partition coefficient (Wildman–Crippen LogP) is 4.61. The Hall–Kier alpha value is -0.450. The fourth-order valence-electron chi connectivity index (χ4n) is 2.54. The van der Waals surface area contributed by atoms with Gasteiger partial charge in [-0.2, -0.15) is 5.10 Å². The summed E-state index contributed by atoms with van der Waals surface area (Å²) in [6.45, 7) is 0. The van der Waals surface area contributed by atoms with E-state index in [1.807, 2.05) is 0 Å². The fraction of sp³-hybridized carbons (Fsp3) is 0.750. The maximum atomic E-state index is 13.1. The maximum absolute atomic E-state index is 13.1. The number of hydrogen-bond donors (Lipinski definition) is 0. The molecule has 2 nitrogen and oxygen atoms in total. The van der Waals surface area contributed by atoms with Crippen LogP contribution in [0.1, 0.15) is 62.2 Å². The van der Waals surface area contributed by atoms with E-state index in [1.165, 1.54) is 12.8 Å².